The molecule has 3 rings (SSSR count). The predicted molar refractivity (Wildman–Crippen MR) is 153 cm³/mol. The van der Waals surface area contributed by atoms with Crippen LogP contribution in [0.25, 0.3) is 0 Å². The number of carbonyl (C=O) groups excluding carboxylic acids is 3. The number of amides is 3. The second-order valence-corrected chi connectivity index (χ2v) is 11.9. The Labute approximate surface area is 231 Å². The Bertz CT molecular complexity index is 1110. The van der Waals surface area contributed by atoms with Crippen LogP contribution in [0.15, 0.2) is 48.5 Å². The van der Waals surface area contributed by atoms with Gasteiger partial charge in [-0.05, 0) is 88.1 Å². The van der Waals surface area contributed by atoms with Crippen LogP contribution in [0.3, 0.4) is 0 Å². The van der Waals surface area contributed by atoms with Gasteiger partial charge in [0.1, 0.15) is 17.7 Å². The zero-order valence-electron chi connectivity index (χ0n) is 23.4. The lowest BCUT2D eigenvalue weighted by Gasteiger charge is -2.35. The van der Waals surface area contributed by atoms with Crippen LogP contribution in [0.2, 0.25) is 0 Å². The molecule has 1 aliphatic rings. The molecule has 7 nitrogen and oxygen atoms in total. The quantitative estimate of drug-likeness (QED) is 0.405. The number of thioether (sulfide) groups is 1. The van der Waals surface area contributed by atoms with E-state index in [1.807, 2.05) is 68.6 Å². The van der Waals surface area contributed by atoms with E-state index < -0.39 is 23.8 Å². The highest BCUT2D eigenvalue weighted by Crippen LogP contribution is 2.36. The standard InChI is InChI=1S/C30H41N3O4S/c1-20-12-13-23(18-21(20)2)26(27(34)31-19-22-10-8-7-9-11-22)33(24-14-15-24)28(35)25(16-17-38-6)32-29(36)37-30(3,4)5/h7-13,18,24-26H,14-17,19H2,1-6H3,(H,31,34)(H,32,36). The molecule has 0 aromatic heterocycles. The number of aryl methyl sites for hydroxylation is 2. The third-order valence-corrected chi connectivity index (χ3v) is 7.12. The van der Waals surface area contributed by atoms with Crippen molar-refractivity contribution in [3.8, 4) is 0 Å². The number of ether oxygens (including phenoxy) is 1. The average Bonchev–Trinajstić information content (AvgIpc) is 3.69. The van der Waals surface area contributed by atoms with Crippen molar-refractivity contribution in [1.29, 1.82) is 0 Å². The highest BCUT2D eigenvalue weighted by Gasteiger charge is 2.44. The van der Waals surface area contributed by atoms with Crippen molar-refractivity contribution < 1.29 is 19.1 Å². The van der Waals surface area contributed by atoms with Gasteiger partial charge < -0.3 is 20.3 Å². The van der Waals surface area contributed by atoms with E-state index in [9.17, 15) is 14.4 Å². The molecule has 0 bridgehead atoms. The summed E-state index contributed by atoms with van der Waals surface area (Å²) in [4.78, 5) is 42.3. The summed E-state index contributed by atoms with van der Waals surface area (Å²) in [6.45, 7) is 9.75. The molecule has 2 aromatic rings. The van der Waals surface area contributed by atoms with Crippen molar-refractivity contribution in [3.63, 3.8) is 0 Å². The van der Waals surface area contributed by atoms with Gasteiger partial charge in [-0.1, -0.05) is 48.5 Å². The van der Waals surface area contributed by atoms with Crippen molar-refractivity contribution in [3.05, 3.63) is 70.8 Å². The zero-order chi connectivity index (χ0) is 27.9. The van der Waals surface area contributed by atoms with Crippen LogP contribution in [0.4, 0.5) is 4.79 Å². The van der Waals surface area contributed by atoms with E-state index in [2.05, 4.69) is 10.6 Å². The Morgan fingerprint density at radius 1 is 1.05 bits per heavy atom. The maximum absolute atomic E-state index is 14.1. The normalized spacial score (nSPS) is 14.8. The fourth-order valence-corrected chi connectivity index (χ4v) is 4.72. The lowest BCUT2D eigenvalue weighted by molar-refractivity contribution is -0.143. The van der Waals surface area contributed by atoms with Gasteiger partial charge in [-0.2, -0.15) is 11.8 Å². The van der Waals surface area contributed by atoms with E-state index in [0.29, 0.717) is 18.7 Å². The Kier molecular flexibility index (Phi) is 10.3. The molecule has 0 aliphatic heterocycles. The molecule has 3 amide bonds. The fourth-order valence-electron chi connectivity index (χ4n) is 4.25. The van der Waals surface area contributed by atoms with Crippen LogP contribution < -0.4 is 10.6 Å². The first kappa shape index (κ1) is 29.6. The first-order valence-electron chi connectivity index (χ1n) is 13.2. The Morgan fingerprint density at radius 3 is 2.32 bits per heavy atom. The number of carbonyl (C=O) groups is 3. The molecule has 1 aliphatic carbocycles. The summed E-state index contributed by atoms with van der Waals surface area (Å²) in [5, 5.41) is 5.85. The predicted octanol–water partition coefficient (Wildman–Crippen LogP) is 5.30. The smallest absolute Gasteiger partial charge is 0.408 e. The average molecular weight is 540 g/mol. The summed E-state index contributed by atoms with van der Waals surface area (Å²) >= 11 is 1.60. The highest BCUT2D eigenvalue weighted by molar-refractivity contribution is 7.98. The molecule has 2 N–H and O–H groups in total. The molecule has 2 unspecified atom stereocenters. The largest absolute Gasteiger partial charge is 0.444 e. The summed E-state index contributed by atoms with van der Waals surface area (Å²) in [5.41, 5.74) is 3.23. The third kappa shape index (κ3) is 8.51. The molecule has 0 saturated heterocycles. The Balaban J connectivity index is 1.94. The van der Waals surface area contributed by atoms with Crippen LogP contribution in [-0.4, -0.2) is 52.5 Å². The topological polar surface area (TPSA) is 87.7 Å². The molecule has 0 heterocycles. The van der Waals surface area contributed by atoms with Gasteiger partial charge in [0.25, 0.3) is 0 Å². The van der Waals surface area contributed by atoms with Gasteiger partial charge in [0.15, 0.2) is 0 Å². The lowest BCUT2D eigenvalue weighted by atomic mass is 9.98. The maximum atomic E-state index is 14.1. The first-order valence-corrected chi connectivity index (χ1v) is 14.6. The minimum absolute atomic E-state index is 0.0613. The monoisotopic (exact) mass is 539 g/mol. The molecule has 8 heteroatoms. The van der Waals surface area contributed by atoms with Crippen molar-refractivity contribution in [2.24, 2.45) is 0 Å². The van der Waals surface area contributed by atoms with Gasteiger partial charge in [-0.15, -0.1) is 0 Å². The van der Waals surface area contributed by atoms with Crippen LogP contribution in [-0.2, 0) is 20.9 Å². The fraction of sp³-hybridized carbons (Fsp3) is 0.500. The first-order chi connectivity index (χ1) is 18.0. The molecule has 0 radical (unpaired) electrons. The summed E-state index contributed by atoms with van der Waals surface area (Å²) in [6, 6.07) is 13.9. The van der Waals surface area contributed by atoms with Gasteiger partial charge in [0, 0.05) is 12.6 Å². The number of hydrogen-bond donors (Lipinski definition) is 2. The Morgan fingerprint density at radius 2 is 1.74 bits per heavy atom. The van der Waals surface area contributed by atoms with Gasteiger partial charge in [-0.25, -0.2) is 4.79 Å². The molecular weight excluding hydrogens is 498 g/mol. The second kappa shape index (κ2) is 13.2. The molecule has 38 heavy (non-hydrogen) atoms. The maximum Gasteiger partial charge on any atom is 0.408 e. The minimum atomic E-state index is -0.810. The molecule has 2 atom stereocenters. The van der Waals surface area contributed by atoms with Crippen molar-refractivity contribution >= 4 is 29.7 Å². The van der Waals surface area contributed by atoms with Gasteiger partial charge in [0.05, 0.1) is 0 Å². The zero-order valence-corrected chi connectivity index (χ0v) is 24.2. The second-order valence-electron chi connectivity index (χ2n) is 10.9. The van der Waals surface area contributed by atoms with Crippen molar-refractivity contribution in [2.75, 3.05) is 12.0 Å². The number of nitrogens with zero attached hydrogens (tertiary/aromatic N) is 1. The summed E-state index contributed by atoms with van der Waals surface area (Å²) in [5.74, 6) is 0.183. The molecule has 0 spiro atoms. The summed E-state index contributed by atoms with van der Waals surface area (Å²) in [7, 11) is 0. The number of rotatable bonds is 11. The van der Waals surface area contributed by atoms with E-state index in [4.69, 9.17) is 4.74 Å². The molecule has 206 valence electrons. The van der Waals surface area contributed by atoms with E-state index >= 15 is 0 Å². The lowest BCUT2D eigenvalue weighted by Crippen LogP contribution is -2.54. The van der Waals surface area contributed by atoms with Crippen LogP contribution >= 0.6 is 11.8 Å². The molecule has 2 aromatic carbocycles. The number of benzene rings is 2. The molecular formula is C30H41N3O4S. The summed E-state index contributed by atoms with van der Waals surface area (Å²) < 4.78 is 5.46. The van der Waals surface area contributed by atoms with Gasteiger partial charge in [-0.3, -0.25) is 9.59 Å². The summed E-state index contributed by atoms with van der Waals surface area (Å²) in [6.07, 6.45) is 3.40. The van der Waals surface area contributed by atoms with Crippen LogP contribution in [0.1, 0.15) is 68.3 Å². The van der Waals surface area contributed by atoms with Crippen molar-refractivity contribution in [1.82, 2.24) is 15.5 Å². The van der Waals surface area contributed by atoms with E-state index in [0.717, 1.165) is 35.1 Å². The minimum Gasteiger partial charge on any atom is -0.444 e. The van der Waals surface area contributed by atoms with E-state index in [1.165, 1.54) is 0 Å². The van der Waals surface area contributed by atoms with Gasteiger partial charge in [0.2, 0.25) is 11.8 Å². The van der Waals surface area contributed by atoms with Crippen LogP contribution in [0.5, 0.6) is 0 Å². The molecule has 1 fully saturated rings. The number of hydrogen-bond acceptors (Lipinski definition) is 5. The van der Waals surface area contributed by atoms with E-state index in [1.54, 1.807) is 37.4 Å². The third-order valence-electron chi connectivity index (χ3n) is 6.48. The SMILES string of the molecule is CSCCC(NC(=O)OC(C)(C)C)C(=O)N(C1CC1)C(C(=O)NCc1ccccc1)c1ccc(C)c(C)c1. The highest BCUT2D eigenvalue weighted by atomic mass is 32.2. The number of nitrogens with one attached hydrogen (secondary N) is 2. The van der Waals surface area contributed by atoms with Gasteiger partial charge >= 0.3 is 6.09 Å². The van der Waals surface area contributed by atoms with E-state index in [-0.39, 0.29) is 17.9 Å². The molecule has 1 saturated carbocycles. The number of alkyl carbamates (subject to hydrolysis) is 1. The van der Waals surface area contributed by atoms with Crippen LogP contribution in [0, 0.1) is 13.8 Å². The Hall–Kier alpha value is -3.00. The van der Waals surface area contributed by atoms with Crippen molar-refractivity contribution in [2.45, 2.75) is 84.2 Å².